The molecule has 0 aliphatic rings. The highest BCUT2D eigenvalue weighted by Crippen LogP contribution is 2.34. The molecule has 0 radical (unpaired) electrons. The fourth-order valence-electron chi connectivity index (χ4n) is 3.23. The van der Waals surface area contributed by atoms with Crippen molar-refractivity contribution in [2.45, 2.75) is 13.1 Å². The Balaban J connectivity index is 1.61. The molecule has 1 heterocycles. The van der Waals surface area contributed by atoms with E-state index in [0.29, 0.717) is 22.3 Å². The number of anilines is 1. The van der Waals surface area contributed by atoms with Gasteiger partial charge < -0.3 is 9.73 Å². The van der Waals surface area contributed by atoms with Crippen LogP contribution in [0.25, 0.3) is 22.3 Å². The maximum absolute atomic E-state index is 13.1. The summed E-state index contributed by atoms with van der Waals surface area (Å²) in [5.74, 6) is -0.352. The van der Waals surface area contributed by atoms with Gasteiger partial charge in [0.15, 0.2) is 5.43 Å². The zero-order chi connectivity index (χ0) is 22.2. The molecule has 0 unspecified atom stereocenters. The van der Waals surface area contributed by atoms with E-state index in [1.165, 1.54) is 36.4 Å². The van der Waals surface area contributed by atoms with Crippen molar-refractivity contribution in [2.24, 2.45) is 0 Å². The summed E-state index contributed by atoms with van der Waals surface area (Å²) in [5, 5.41) is 2.77. The minimum atomic E-state index is -4.58. The fraction of sp³-hybridized carbons (Fsp3) is 0.0833. The van der Waals surface area contributed by atoms with Crippen LogP contribution in [0.2, 0.25) is 0 Å². The van der Waals surface area contributed by atoms with E-state index in [-0.39, 0.29) is 16.7 Å². The number of hydrogen-bond donors (Lipinski definition) is 1. The molecule has 0 saturated heterocycles. The van der Waals surface area contributed by atoms with Crippen LogP contribution in [0.3, 0.4) is 0 Å². The summed E-state index contributed by atoms with van der Waals surface area (Å²) in [7, 11) is 0. The first kappa shape index (κ1) is 20.4. The number of nitrogens with one attached hydrogen (secondary N) is 1. The standard InChI is InChI=1S/C24H16F3NO3/c1-14-6-11-21-17(12-14)20(29)13-22(31-21)15-7-9-16(10-8-15)23(30)28-19-5-3-2-4-18(19)24(25,26)27/h2-13H,1H3,(H,28,30). The van der Waals surface area contributed by atoms with Crippen molar-refractivity contribution in [3.8, 4) is 11.3 Å². The molecule has 0 saturated carbocycles. The molecule has 7 heteroatoms. The third-order valence-electron chi connectivity index (χ3n) is 4.79. The van der Waals surface area contributed by atoms with Gasteiger partial charge in [-0.05, 0) is 43.3 Å². The summed E-state index contributed by atoms with van der Waals surface area (Å²) in [6.45, 7) is 1.88. The molecule has 0 aliphatic heterocycles. The number of aryl methyl sites for hydroxylation is 1. The van der Waals surface area contributed by atoms with Gasteiger partial charge in [0.05, 0.1) is 16.6 Å². The average Bonchev–Trinajstić information content (AvgIpc) is 2.74. The molecule has 0 atom stereocenters. The molecular weight excluding hydrogens is 407 g/mol. The predicted octanol–water partition coefficient (Wildman–Crippen LogP) is 6.04. The number of amides is 1. The highest BCUT2D eigenvalue weighted by atomic mass is 19.4. The third-order valence-corrected chi connectivity index (χ3v) is 4.79. The van der Waals surface area contributed by atoms with Gasteiger partial charge in [0.1, 0.15) is 11.3 Å². The summed E-state index contributed by atoms with van der Waals surface area (Å²) in [4.78, 5) is 24.9. The first-order chi connectivity index (χ1) is 14.7. The van der Waals surface area contributed by atoms with Gasteiger partial charge >= 0.3 is 6.18 Å². The molecule has 0 fully saturated rings. The number of benzene rings is 3. The molecule has 1 aromatic heterocycles. The Hall–Kier alpha value is -3.87. The average molecular weight is 423 g/mol. The molecular formula is C24H16F3NO3. The highest BCUT2D eigenvalue weighted by molar-refractivity contribution is 6.05. The van der Waals surface area contributed by atoms with Crippen molar-refractivity contribution >= 4 is 22.6 Å². The van der Waals surface area contributed by atoms with Crippen LogP contribution in [0.15, 0.2) is 82.0 Å². The van der Waals surface area contributed by atoms with Gasteiger partial charge in [-0.1, -0.05) is 35.9 Å². The van der Waals surface area contributed by atoms with Gasteiger partial charge in [-0.25, -0.2) is 0 Å². The Labute approximate surface area is 174 Å². The molecule has 0 spiro atoms. The quantitative estimate of drug-likeness (QED) is 0.437. The van der Waals surface area contributed by atoms with Gasteiger partial charge in [-0.15, -0.1) is 0 Å². The first-order valence-corrected chi connectivity index (χ1v) is 9.35. The fourth-order valence-corrected chi connectivity index (χ4v) is 3.23. The minimum Gasteiger partial charge on any atom is -0.456 e. The molecule has 0 aliphatic carbocycles. The predicted molar refractivity (Wildman–Crippen MR) is 112 cm³/mol. The van der Waals surface area contributed by atoms with Crippen molar-refractivity contribution in [1.29, 1.82) is 0 Å². The summed E-state index contributed by atoms with van der Waals surface area (Å²) in [6.07, 6.45) is -4.58. The van der Waals surface area contributed by atoms with Crippen LogP contribution in [0.1, 0.15) is 21.5 Å². The van der Waals surface area contributed by atoms with E-state index >= 15 is 0 Å². The molecule has 4 rings (SSSR count). The lowest BCUT2D eigenvalue weighted by molar-refractivity contribution is -0.136. The monoisotopic (exact) mass is 423 g/mol. The number of carbonyl (C=O) groups excluding carboxylic acids is 1. The molecule has 4 aromatic rings. The number of carbonyl (C=O) groups is 1. The Bertz CT molecular complexity index is 1340. The van der Waals surface area contributed by atoms with E-state index in [0.717, 1.165) is 11.6 Å². The lowest BCUT2D eigenvalue weighted by Crippen LogP contribution is -2.16. The van der Waals surface area contributed by atoms with Crippen LogP contribution >= 0.6 is 0 Å². The smallest absolute Gasteiger partial charge is 0.418 e. The number of hydrogen-bond acceptors (Lipinski definition) is 3. The second-order valence-electron chi connectivity index (χ2n) is 7.05. The van der Waals surface area contributed by atoms with Crippen molar-refractivity contribution in [2.75, 3.05) is 5.32 Å². The Morgan fingerprint density at radius 3 is 2.35 bits per heavy atom. The van der Waals surface area contributed by atoms with Crippen LogP contribution in [-0.4, -0.2) is 5.91 Å². The molecule has 4 nitrogen and oxygen atoms in total. The van der Waals surface area contributed by atoms with Crippen LogP contribution in [-0.2, 0) is 6.18 Å². The number of para-hydroxylation sites is 1. The minimum absolute atomic E-state index is 0.166. The van der Waals surface area contributed by atoms with Gasteiger partial charge in [0.25, 0.3) is 5.91 Å². The summed E-state index contributed by atoms with van der Waals surface area (Å²) in [6, 6.07) is 17.5. The molecule has 3 aromatic carbocycles. The Morgan fingerprint density at radius 2 is 1.65 bits per heavy atom. The van der Waals surface area contributed by atoms with E-state index in [2.05, 4.69) is 5.32 Å². The number of halogens is 3. The second kappa shape index (κ2) is 7.75. The van der Waals surface area contributed by atoms with Crippen LogP contribution < -0.4 is 10.7 Å². The van der Waals surface area contributed by atoms with Crippen LogP contribution in [0.4, 0.5) is 18.9 Å². The van der Waals surface area contributed by atoms with Crippen molar-refractivity contribution in [3.63, 3.8) is 0 Å². The topological polar surface area (TPSA) is 59.3 Å². The molecule has 156 valence electrons. The normalized spacial score (nSPS) is 11.5. The lowest BCUT2D eigenvalue weighted by atomic mass is 10.1. The van der Waals surface area contributed by atoms with Gasteiger partial charge in [-0.3, -0.25) is 9.59 Å². The van der Waals surface area contributed by atoms with E-state index in [4.69, 9.17) is 4.42 Å². The van der Waals surface area contributed by atoms with E-state index in [1.54, 1.807) is 24.3 Å². The van der Waals surface area contributed by atoms with E-state index in [1.807, 2.05) is 13.0 Å². The van der Waals surface area contributed by atoms with Crippen molar-refractivity contribution < 1.29 is 22.4 Å². The van der Waals surface area contributed by atoms with Crippen molar-refractivity contribution in [3.05, 3.63) is 99.7 Å². The molecule has 0 bridgehead atoms. The SMILES string of the molecule is Cc1ccc2oc(-c3ccc(C(=O)Nc4ccccc4C(F)(F)F)cc3)cc(=O)c2c1. The van der Waals surface area contributed by atoms with Crippen LogP contribution in [0, 0.1) is 6.92 Å². The van der Waals surface area contributed by atoms with Gasteiger partial charge in [-0.2, -0.15) is 13.2 Å². The molecule has 31 heavy (non-hydrogen) atoms. The maximum atomic E-state index is 13.1. The van der Waals surface area contributed by atoms with Gasteiger partial charge in [0.2, 0.25) is 0 Å². The lowest BCUT2D eigenvalue weighted by Gasteiger charge is -2.13. The third kappa shape index (κ3) is 4.21. The highest BCUT2D eigenvalue weighted by Gasteiger charge is 2.33. The Kier molecular flexibility index (Phi) is 5.10. The van der Waals surface area contributed by atoms with Gasteiger partial charge in [0, 0.05) is 17.2 Å². The first-order valence-electron chi connectivity index (χ1n) is 9.35. The summed E-state index contributed by atoms with van der Waals surface area (Å²) >= 11 is 0. The maximum Gasteiger partial charge on any atom is 0.418 e. The van der Waals surface area contributed by atoms with Crippen LogP contribution in [0.5, 0.6) is 0 Å². The zero-order valence-electron chi connectivity index (χ0n) is 16.3. The number of fused-ring (bicyclic) bond motifs is 1. The van der Waals surface area contributed by atoms with Crippen molar-refractivity contribution in [1.82, 2.24) is 0 Å². The summed E-state index contributed by atoms with van der Waals surface area (Å²) in [5.41, 5.74) is 0.679. The van der Waals surface area contributed by atoms with E-state index in [9.17, 15) is 22.8 Å². The number of alkyl halides is 3. The largest absolute Gasteiger partial charge is 0.456 e. The molecule has 1 amide bonds. The van der Waals surface area contributed by atoms with E-state index < -0.39 is 17.6 Å². The Morgan fingerprint density at radius 1 is 0.935 bits per heavy atom. The summed E-state index contributed by atoms with van der Waals surface area (Å²) < 4.78 is 45.2. The number of rotatable bonds is 3. The molecule has 1 N–H and O–H groups in total. The second-order valence-corrected chi connectivity index (χ2v) is 7.05. The zero-order valence-corrected chi connectivity index (χ0v) is 16.3.